The van der Waals surface area contributed by atoms with Gasteiger partial charge in [-0.25, -0.2) is 0 Å². The zero-order chi connectivity index (χ0) is 22.7. The molecule has 2 fully saturated rings. The number of amides is 1. The number of fused-ring (bicyclic) bond motifs is 1. The first-order valence-corrected chi connectivity index (χ1v) is 12.5. The highest BCUT2D eigenvalue weighted by Gasteiger charge is 2.39. The fourth-order valence-corrected chi connectivity index (χ4v) is 5.69. The number of nitrogens with zero attached hydrogens (tertiary/aromatic N) is 2. The number of hydrogen-bond acceptors (Lipinski definition) is 5. The molecule has 0 aliphatic carbocycles. The molecule has 6 heteroatoms. The SMILES string of the molecule is CCN(C(C)Cc1ccc2c(c1)OCC2(C)C)C(C(=O)N1CCOCC1)C1CCNCC1. The molecule has 2 unspecified atom stereocenters. The number of ether oxygens (including phenoxy) is 2. The number of carbonyl (C=O) groups excluding carboxylic acids is 1. The molecule has 0 spiro atoms. The number of carbonyl (C=O) groups is 1. The van der Waals surface area contributed by atoms with Crippen LogP contribution < -0.4 is 10.1 Å². The van der Waals surface area contributed by atoms with Crippen LogP contribution in [0.2, 0.25) is 0 Å². The lowest BCUT2D eigenvalue weighted by Crippen LogP contribution is -2.58. The maximum atomic E-state index is 13.8. The molecule has 1 N–H and O–H groups in total. The standard InChI is InChI=1S/C26H41N3O3/c1-5-29(19(2)16-20-6-7-22-23(17-20)32-18-26(22,3)4)24(21-8-10-27-11-9-21)25(30)28-12-14-31-15-13-28/h6-7,17,19,21,24,27H,5,8-16,18H2,1-4H3. The summed E-state index contributed by atoms with van der Waals surface area (Å²) in [7, 11) is 0. The maximum Gasteiger partial charge on any atom is 0.240 e. The topological polar surface area (TPSA) is 54.0 Å². The molecule has 1 amide bonds. The van der Waals surface area contributed by atoms with E-state index in [9.17, 15) is 4.79 Å². The summed E-state index contributed by atoms with van der Waals surface area (Å²) < 4.78 is 11.5. The third-order valence-electron chi connectivity index (χ3n) is 7.59. The minimum Gasteiger partial charge on any atom is -0.492 e. The van der Waals surface area contributed by atoms with Crippen LogP contribution in [0.1, 0.15) is 51.7 Å². The summed E-state index contributed by atoms with van der Waals surface area (Å²) in [5, 5.41) is 3.47. The van der Waals surface area contributed by atoms with E-state index in [1.807, 2.05) is 4.90 Å². The summed E-state index contributed by atoms with van der Waals surface area (Å²) in [5.74, 6) is 1.73. The highest BCUT2D eigenvalue weighted by atomic mass is 16.5. The van der Waals surface area contributed by atoms with Gasteiger partial charge in [-0.15, -0.1) is 0 Å². The van der Waals surface area contributed by atoms with E-state index < -0.39 is 0 Å². The second kappa shape index (κ2) is 10.1. The van der Waals surface area contributed by atoms with E-state index in [4.69, 9.17) is 9.47 Å². The lowest BCUT2D eigenvalue weighted by molar-refractivity contribution is -0.144. The minimum atomic E-state index is -0.0557. The normalized spacial score (nSPS) is 23.0. The van der Waals surface area contributed by atoms with Crippen molar-refractivity contribution in [2.24, 2.45) is 5.92 Å². The Labute approximate surface area is 193 Å². The Bertz CT molecular complexity index is 785. The van der Waals surface area contributed by atoms with Crippen molar-refractivity contribution in [1.29, 1.82) is 0 Å². The number of morpholine rings is 1. The molecule has 32 heavy (non-hydrogen) atoms. The first kappa shape index (κ1) is 23.5. The molecule has 1 aromatic carbocycles. The lowest BCUT2D eigenvalue weighted by atomic mass is 9.85. The Morgan fingerprint density at radius 3 is 2.66 bits per heavy atom. The predicted octanol–water partition coefficient (Wildman–Crippen LogP) is 2.84. The summed E-state index contributed by atoms with van der Waals surface area (Å²) in [4.78, 5) is 18.3. The molecule has 2 atom stereocenters. The Hall–Kier alpha value is -1.63. The van der Waals surface area contributed by atoms with Gasteiger partial charge in [-0.05, 0) is 63.4 Å². The second-order valence-corrected chi connectivity index (χ2v) is 10.4. The molecule has 0 bridgehead atoms. The molecule has 1 aromatic rings. The zero-order valence-electron chi connectivity index (χ0n) is 20.4. The summed E-state index contributed by atoms with van der Waals surface area (Å²) >= 11 is 0. The van der Waals surface area contributed by atoms with Gasteiger partial charge < -0.3 is 19.7 Å². The van der Waals surface area contributed by atoms with Crippen LogP contribution >= 0.6 is 0 Å². The molecule has 6 nitrogen and oxygen atoms in total. The number of piperidine rings is 1. The monoisotopic (exact) mass is 443 g/mol. The molecule has 2 saturated heterocycles. The Kier molecular flexibility index (Phi) is 7.43. The van der Waals surface area contributed by atoms with Gasteiger partial charge >= 0.3 is 0 Å². The van der Waals surface area contributed by atoms with Gasteiger partial charge in [0, 0.05) is 30.1 Å². The van der Waals surface area contributed by atoms with Crippen LogP contribution in [0.15, 0.2) is 18.2 Å². The fraction of sp³-hybridized carbons (Fsp3) is 0.731. The third kappa shape index (κ3) is 4.97. The molecule has 178 valence electrons. The van der Waals surface area contributed by atoms with Crippen molar-refractivity contribution >= 4 is 5.91 Å². The summed E-state index contributed by atoms with van der Waals surface area (Å²) in [6.07, 6.45) is 3.04. The van der Waals surface area contributed by atoms with Gasteiger partial charge in [-0.3, -0.25) is 9.69 Å². The van der Waals surface area contributed by atoms with Crippen LogP contribution in [0.25, 0.3) is 0 Å². The molecule has 3 heterocycles. The van der Waals surface area contributed by atoms with Crippen molar-refractivity contribution in [2.75, 3.05) is 52.5 Å². The fourth-order valence-electron chi connectivity index (χ4n) is 5.69. The van der Waals surface area contributed by atoms with E-state index >= 15 is 0 Å². The Balaban J connectivity index is 1.53. The predicted molar refractivity (Wildman–Crippen MR) is 127 cm³/mol. The Morgan fingerprint density at radius 2 is 1.97 bits per heavy atom. The van der Waals surface area contributed by atoms with E-state index in [2.05, 4.69) is 56.1 Å². The molecule has 3 aliphatic heterocycles. The van der Waals surface area contributed by atoms with Gasteiger partial charge in [0.05, 0.1) is 25.9 Å². The number of benzene rings is 1. The van der Waals surface area contributed by atoms with Crippen LogP contribution in [0.5, 0.6) is 5.75 Å². The van der Waals surface area contributed by atoms with Gasteiger partial charge in [-0.2, -0.15) is 0 Å². The average molecular weight is 444 g/mol. The van der Waals surface area contributed by atoms with E-state index in [0.29, 0.717) is 38.1 Å². The van der Waals surface area contributed by atoms with E-state index in [1.54, 1.807) is 0 Å². The van der Waals surface area contributed by atoms with Crippen molar-refractivity contribution < 1.29 is 14.3 Å². The van der Waals surface area contributed by atoms with Crippen molar-refractivity contribution in [2.45, 2.75) is 64.5 Å². The third-order valence-corrected chi connectivity index (χ3v) is 7.59. The Morgan fingerprint density at radius 1 is 1.25 bits per heavy atom. The van der Waals surface area contributed by atoms with E-state index in [-0.39, 0.29) is 17.5 Å². The summed E-state index contributed by atoms with van der Waals surface area (Å²) in [6.45, 7) is 15.3. The molecule has 0 saturated carbocycles. The first-order chi connectivity index (χ1) is 15.4. The van der Waals surface area contributed by atoms with E-state index in [1.165, 1.54) is 11.1 Å². The summed E-state index contributed by atoms with van der Waals surface area (Å²) in [6, 6.07) is 6.93. The lowest BCUT2D eigenvalue weighted by Gasteiger charge is -2.43. The number of nitrogens with one attached hydrogen (secondary N) is 1. The highest BCUT2D eigenvalue weighted by Crippen LogP contribution is 2.39. The maximum absolute atomic E-state index is 13.8. The minimum absolute atomic E-state index is 0.0557. The molecular formula is C26H41N3O3. The van der Waals surface area contributed by atoms with Crippen LogP contribution in [0.4, 0.5) is 0 Å². The summed E-state index contributed by atoms with van der Waals surface area (Å²) in [5.41, 5.74) is 2.67. The number of hydrogen-bond donors (Lipinski definition) is 1. The second-order valence-electron chi connectivity index (χ2n) is 10.4. The van der Waals surface area contributed by atoms with Crippen LogP contribution in [-0.4, -0.2) is 80.3 Å². The zero-order valence-corrected chi connectivity index (χ0v) is 20.4. The average Bonchev–Trinajstić information content (AvgIpc) is 3.11. The quantitative estimate of drug-likeness (QED) is 0.702. The molecular weight excluding hydrogens is 402 g/mol. The van der Waals surface area contributed by atoms with E-state index in [0.717, 1.165) is 51.3 Å². The van der Waals surface area contributed by atoms with Gasteiger partial charge in [0.1, 0.15) is 5.75 Å². The van der Waals surface area contributed by atoms with Crippen molar-refractivity contribution in [1.82, 2.24) is 15.1 Å². The largest absolute Gasteiger partial charge is 0.492 e. The van der Waals surface area contributed by atoms with Crippen molar-refractivity contribution in [3.8, 4) is 5.75 Å². The van der Waals surface area contributed by atoms with Gasteiger partial charge in [-0.1, -0.05) is 32.9 Å². The smallest absolute Gasteiger partial charge is 0.240 e. The first-order valence-electron chi connectivity index (χ1n) is 12.5. The molecule has 0 radical (unpaired) electrons. The molecule has 3 aliphatic rings. The van der Waals surface area contributed by atoms with Gasteiger partial charge in [0.25, 0.3) is 0 Å². The number of likely N-dealkylation sites (N-methyl/N-ethyl adjacent to an activating group) is 1. The molecule has 0 aromatic heterocycles. The van der Waals surface area contributed by atoms with Crippen molar-refractivity contribution in [3.05, 3.63) is 29.3 Å². The van der Waals surface area contributed by atoms with Crippen LogP contribution in [0.3, 0.4) is 0 Å². The number of rotatable bonds is 7. The van der Waals surface area contributed by atoms with Crippen LogP contribution in [-0.2, 0) is 21.4 Å². The van der Waals surface area contributed by atoms with Gasteiger partial charge in [0.15, 0.2) is 0 Å². The van der Waals surface area contributed by atoms with Crippen LogP contribution in [0, 0.1) is 5.92 Å². The van der Waals surface area contributed by atoms with Crippen molar-refractivity contribution in [3.63, 3.8) is 0 Å². The van der Waals surface area contributed by atoms with Gasteiger partial charge in [0.2, 0.25) is 5.91 Å². The highest BCUT2D eigenvalue weighted by molar-refractivity contribution is 5.82. The molecule has 4 rings (SSSR count).